The highest BCUT2D eigenvalue weighted by Crippen LogP contribution is 2.38. The van der Waals surface area contributed by atoms with Crippen molar-refractivity contribution in [1.82, 2.24) is 0 Å². The van der Waals surface area contributed by atoms with Crippen molar-refractivity contribution in [3.05, 3.63) is 0 Å². The van der Waals surface area contributed by atoms with Crippen LogP contribution in [0.4, 0.5) is 0 Å². The van der Waals surface area contributed by atoms with Crippen molar-refractivity contribution in [2.24, 2.45) is 11.8 Å². The van der Waals surface area contributed by atoms with E-state index in [1.165, 1.54) is 38.5 Å². The molecule has 2 aliphatic carbocycles. The van der Waals surface area contributed by atoms with Gasteiger partial charge in [0.25, 0.3) is 0 Å². The standard InChI is InChI=1S/C10H16O/c11-10-7-3-5-8-4-1-2-6-9(8)10/h8-9H,1-7H2/t8-,9-/m0/s1. The number of hydrogen-bond donors (Lipinski definition) is 0. The Bertz CT molecular complexity index is 160. The van der Waals surface area contributed by atoms with Crippen LogP contribution < -0.4 is 0 Å². The maximum absolute atomic E-state index is 11.4. The SMILES string of the molecule is O=C1CCC[C@@H]2CCCC[C@H]12. The molecule has 0 radical (unpaired) electrons. The summed E-state index contributed by atoms with van der Waals surface area (Å²) in [5.41, 5.74) is 0. The van der Waals surface area contributed by atoms with Gasteiger partial charge in [-0.3, -0.25) is 4.79 Å². The van der Waals surface area contributed by atoms with E-state index in [-0.39, 0.29) is 0 Å². The third kappa shape index (κ3) is 1.33. The molecular weight excluding hydrogens is 136 g/mol. The van der Waals surface area contributed by atoms with Crippen LogP contribution in [0.15, 0.2) is 0 Å². The molecule has 2 fully saturated rings. The molecule has 0 aromatic heterocycles. The maximum atomic E-state index is 11.4. The third-order valence-electron chi connectivity index (χ3n) is 3.32. The molecule has 62 valence electrons. The molecule has 0 unspecified atom stereocenters. The number of fused-ring (bicyclic) bond motifs is 1. The molecule has 1 nitrogen and oxygen atoms in total. The van der Waals surface area contributed by atoms with Crippen molar-refractivity contribution in [3.8, 4) is 0 Å². The van der Waals surface area contributed by atoms with E-state index in [0.717, 1.165) is 12.3 Å². The van der Waals surface area contributed by atoms with Gasteiger partial charge in [0.05, 0.1) is 0 Å². The minimum Gasteiger partial charge on any atom is -0.299 e. The number of Topliss-reactive ketones (excluding diaryl/α,β-unsaturated/α-hetero) is 1. The fraction of sp³-hybridized carbons (Fsp3) is 0.900. The Kier molecular flexibility index (Phi) is 1.97. The molecule has 2 atom stereocenters. The quantitative estimate of drug-likeness (QED) is 0.521. The van der Waals surface area contributed by atoms with E-state index in [1.54, 1.807) is 0 Å². The second-order valence-electron chi connectivity index (χ2n) is 4.01. The lowest BCUT2D eigenvalue weighted by molar-refractivity contribution is -0.127. The monoisotopic (exact) mass is 152 g/mol. The summed E-state index contributed by atoms with van der Waals surface area (Å²) in [5.74, 6) is 1.84. The van der Waals surface area contributed by atoms with Crippen molar-refractivity contribution >= 4 is 5.78 Å². The molecule has 2 saturated carbocycles. The zero-order valence-corrected chi connectivity index (χ0v) is 7.01. The van der Waals surface area contributed by atoms with Crippen molar-refractivity contribution in [2.45, 2.75) is 44.9 Å². The second-order valence-corrected chi connectivity index (χ2v) is 4.01. The van der Waals surface area contributed by atoms with E-state index in [2.05, 4.69) is 0 Å². The molecule has 0 N–H and O–H groups in total. The van der Waals surface area contributed by atoms with Gasteiger partial charge in [0.2, 0.25) is 0 Å². The third-order valence-corrected chi connectivity index (χ3v) is 3.32. The molecule has 0 aromatic carbocycles. The summed E-state index contributed by atoms with van der Waals surface area (Å²) < 4.78 is 0. The van der Waals surface area contributed by atoms with Gasteiger partial charge in [-0.05, 0) is 31.6 Å². The van der Waals surface area contributed by atoms with Gasteiger partial charge < -0.3 is 0 Å². The van der Waals surface area contributed by atoms with E-state index in [0.29, 0.717) is 11.7 Å². The first-order valence-electron chi connectivity index (χ1n) is 4.90. The van der Waals surface area contributed by atoms with Gasteiger partial charge in [-0.25, -0.2) is 0 Å². The second kappa shape index (κ2) is 2.96. The Hall–Kier alpha value is -0.330. The van der Waals surface area contributed by atoms with Crippen molar-refractivity contribution in [1.29, 1.82) is 0 Å². The maximum Gasteiger partial charge on any atom is 0.136 e. The summed E-state index contributed by atoms with van der Waals surface area (Å²) in [7, 11) is 0. The Balaban J connectivity index is 2.05. The van der Waals surface area contributed by atoms with E-state index in [4.69, 9.17) is 0 Å². The van der Waals surface area contributed by atoms with Gasteiger partial charge in [0, 0.05) is 12.3 Å². The van der Waals surface area contributed by atoms with Crippen molar-refractivity contribution < 1.29 is 4.79 Å². The fourth-order valence-corrected chi connectivity index (χ4v) is 2.70. The van der Waals surface area contributed by atoms with Gasteiger partial charge in [-0.2, -0.15) is 0 Å². The molecular formula is C10H16O. The Labute approximate surface area is 68.2 Å². The number of rotatable bonds is 0. The van der Waals surface area contributed by atoms with Gasteiger partial charge in [-0.1, -0.05) is 12.8 Å². The van der Waals surface area contributed by atoms with Crippen LogP contribution in [0, 0.1) is 11.8 Å². The number of ketones is 1. The van der Waals surface area contributed by atoms with Gasteiger partial charge in [0.1, 0.15) is 5.78 Å². The van der Waals surface area contributed by atoms with Crippen molar-refractivity contribution in [3.63, 3.8) is 0 Å². The highest BCUT2D eigenvalue weighted by molar-refractivity contribution is 5.82. The summed E-state index contributed by atoms with van der Waals surface area (Å²) in [6, 6.07) is 0. The molecule has 11 heavy (non-hydrogen) atoms. The Morgan fingerprint density at radius 3 is 2.55 bits per heavy atom. The summed E-state index contributed by atoms with van der Waals surface area (Å²) in [6.45, 7) is 0. The minimum atomic E-state index is 0.484. The molecule has 0 aliphatic heterocycles. The average Bonchev–Trinajstić information content (AvgIpc) is 2.06. The van der Waals surface area contributed by atoms with E-state index >= 15 is 0 Å². The average molecular weight is 152 g/mol. The molecule has 0 saturated heterocycles. The van der Waals surface area contributed by atoms with Crippen LogP contribution in [0.1, 0.15) is 44.9 Å². The van der Waals surface area contributed by atoms with Gasteiger partial charge in [0.15, 0.2) is 0 Å². The molecule has 0 spiro atoms. The summed E-state index contributed by atoms with van der Waals surface area (Å²) >= 11 is 0. The lowest BCUT2D eigenvalue weighted by Crippen LogP contribution is -2.30. The number of carbonyl (C=O) groups is 1. The van der Waals surface area contributed by atoms with Gasteiger partial charge in [-0.15, -0.1) is 0 Å². The molecule has 2 rings (SSSR count). The zero-order valence-electron chi connectivity index (χ0n) is 7.01. The van der Waals surface area contributed by atoms with Crippen molar-refractivity contribution in [2.75, 3.05) is 0 Å². The molecule has 0 heterocycles. The van der Waals surface area contributed by atoms with E-state index < -0.39 is 0 Å². The highest BCUT2D eigenvalue weighted by Gasteiger charge is 2.32. The van der Waals surface area contributed by atoms with Crippen LogP contribution in [-0.2, 0) is 4.79 Å². The predicted octanol–water partition coefficient (Wildman–Crippen LogP) is 2.55. The summed E-state index contributed by atoms with van der Waals surface area (Å²) in [6.07, 6.45) is 8.57. The van der Waals surface area contributed by atoms with Gasteiger partial charge >= 0.3 is 0 Å². The first-order valence-corrected chi connectivity index (χ1v) is 4.90. The topological polar surface area (TPSA) is 17.1 Å². The first-order chi connectivity index (χ1) is 5.38. The molecule has 2 aliphatic rings. The van der Waals surface area contributed by atoms with E-state index in [1.807, 2.05) is 0 Å². The number of hydrogen-bond acceptors (Lipinski definition) is 1. The Morgan fingerprint density at radius 1 is 1.00 bits per heavy atom. The van der Waals surface area contributed by atoms with Crippen LogP contribution in [0.5, 0.6) is 0 Å². The van der Waals surface area contributed by atoms with Crippen LogP contribution in [0.2, 0.25) is 0 Å². The largest absolute Gasteiger partial charge is 0.299 e. The smallest absolute Gasteiger partial charge is 0.136 e. The Morgan fingerprint density at radius 2 is 1.73 bits per heavy atom. The first kappa shape index (κ1) is 7.33. The highest BCUT2D eigenvalue weighted by atomic mass is 16.1. The van der Waals surface area contributed by atoms with Crippen LogP contribution in [0.3, 0.4) is 0 Å². The summed E-state index contributed by atoms with van der Waals surface area (Å²) in [4.78, 5) is 11.4. The van der Waals surface area contributed by atoms with Crippen LogP contribution >= 0.6 is 0 Å². The normalized spacial score (nSPS) is 38.4. The fourth-order valence-electron chi connectivity index (χ4n) is 2.70. The van der Waals surface area contributed by atoms with E-state index in [9.17, 15) is 4.79 Å². The predicted molar refractivity (Wildman–Crippen MR) is 44.3 cm³/mol. The lowest BCUT2D eigenvalue weighted by atomic mass is 9.70. The van der Waals surface area contributed by atoms with Crippen LogP contribution in [0.25, 0.3) is 0 Å². The van der Waals surface area contributed by atoms with Crippen LogP contribution in [-0.4, -0.2) is 5.78 Å². The molecule has 0 amide bonds. The molecule has 0 bridgehead atoms. The minimum absolute atomic E-state index is 0.484. The lowest BCUT2D eigenvalue weighted by Gasteiger charge is -2.33. The molecule has 1 heteroatoms. The number of carbonyl (C=O) groups excluding carboxylic acids is 1. The zero-order chi connectivity index (χ0) is 7.68. The molecule has 0 aromatic rings. The summed E-state index contributed by atoms with van der Waals surface area (Å²) in [5, 5.41) is 0.